The number of carbonyl (C=O) groups is 1. The Balaban J connectivity index is 2.19. The minimum atomic E-state index is -0.138. The van der Waals surface area contributed by atoms with Crippen LogP contribution in [0, 0.1) is 0 Å². The van der Waals surface area contributed by atoms with Gasteiger partial charge in [0.15, 0.2) is 0 Å². The van der Waals surface area contributed by atoms with Crippen molar-refractivity contribution in [2.75, 3.05) is 5.75 Å². The lowest BCUT2D eigenvalue weighted by atomic mass is 10.1. The van der Waals surface area contributed by atoms with E-state index >= 15 is 0 Å². The van der Waals surface area contributed by atoms with Gasteiger partial charge in [-0.15, -0.1) is 11.8 Å². The minimum absolute atomic E-state index is 0.124. The quantitative estimate of drug-likeness (QED) is 0.651. The molecule has 18 heavy (non-hydrogen) atoms. The first-order chi connectivity index (χ1) is 8.37. The molecule has 0 saturated heterocycles. The predicted molar refractivity (Wildman–Crippen MR) is 79.3 cm³/mol. The zero-order valence-electron chi connectivity index (χ0n) is 11.1. The van der Waals surface area contributed by atoms with Gasteiger partial charge in [-0.3, -0.25) is 4.79 Å². The molecule has 1 aromatic carbocycles. The van der Waals surface area contributed by atoms with Gasteiger partial charge in [0, 0.05) is 21.9 Å². The molecule has 2 nitrogen and oxygen atoms in total. The summed E-state index contributed by atoms with van der Waals surface area (Å²) in [5.41, 5.74) is -0.138. The average molecular weight is 286 g/mol. The molecule has 100 valence electrons. The number of thioether (sulfide) groups is 1. The van der Waals surface area contributed by atoms with E-state index in [0.29, 0.717) is 6.42 Å². The molecule has 1 amide bonds. The third kappa shape index (κ3) is 6.92. The lowest BCUT2D eigenvalue weighted by Gasteiger charge is -2.20. The molecule has 0 saturated carbocycles. The van der Waals surface area contributed by atoms with E-state index in [0.717, 1.165) is 17.2 Å². The van der Waals surface area contributed by atoms with E-state index in [2.05, 4.69) is 5.32 Å². The monoisotopic (exact) mass is 285 g/mol. The standard InChI is InChI=1S/C14H20ClNOS/c1-14(2,3)16-13(17)5-4-10-18-12-8-6-11(15)7-9-12/h6-9H,4-5,10H2,1-3H3,(H,16,17). The lowest BCUT2D eigenvalue weighted by molar-refractivity contribution is -0.122. The van der Waals surface area contributed by atoms with Crippen LogP contribution in [0.2, 0.25) is 5.02 Å². The van der Waals surface area contributed by atoms with Gasteiger partial charge in [0.05, 0.1) is 0 Å². The van der Waals surface area contributed by atoms with Gasteiger partial charge in [0.2, 0.25) is 5.91 Å². The van der Waals surface area contributed by atoms with Gasteiger partial charge in [-0.2, -0.15) is 0 Å². The van der Waals surface area contributed by atoms with Gasteiger partial charge >= 0.3 is 0 Å². The van der Waals surface area contributed by atoms with Crippen molar-refractivity contribution < 1.29 is 4.79 Å². The summed E-state index contributed by atoms with van der Waals surface area (Å²) in [6.07, 6.45) is 1.47. The molecule has 0 unspecified atom stereocenters. The highest BCUT2D eigenvalue weighted by molar-refractivity contribution is 7.99. The van der Waals surface area contributed by atoms with Crippen LogP contribution in [0.4, 0.5) is 0 Å². The summed E-state index contributed by atoms with van der Waals surface area (Å²) in [5.74, 6) is 1.07. The Morgan fingerprint density at radius 2 is 1.89 bits per heavy atom. The normalized spacial score (nSPS) is 11.3. The maximum absolute atomic E-state index is 11.6. The Bertz CT molecular complexity index is 384. The summed E-state index contributed by atoms with van der Waals surface area (Å²) in [7, 11) is 0. The number of benzene rings is 1. The van der Waals surface area contributed by atoms with E-state index < -0.39 is 0 Å². The lowest BCUT2D eigenvalue weighted by Crippen LogP contribution is -2.40. The van der Waals surface area contributed by atoms with Crippen molar-refractivity contribution in [1.29, 1.82) is 0 Å². The summed E-state index contributed by atoms with van der Waals surface area (Å²) in [6.45, 7) is 5.98. The predicted octanol–water partition coefficient (Wildman–Crippen LogP) is 4.13. The first-order valence-electron chi connectivity index (χ1n) is 6.06. The number of halogens is 1. The largest absolute Gasteiger partial charge is 0.352 e. The van der Waals surface area contributed by atoms with Crippen LogP contribution >= 0.6 is 23.4 Å². The van der Waals surface area contributed by atoms with Crippen molar-refractivity contribution in [3.63, 3.8) is 0 Å². The fourth-order valence-electron chi connectivity index (χ4n) is 1.43. The Morgan fingerprint density at radius 3 is 2.44 bits per heavy atom. The number of nitrogens with one attached hydrogen (secondary N) is 1. The summed E-state index contributed by atoms with van der Waals surface area (Å²) < 4.78 is 0. The van der Waals surface area contributed by atoms with Gasteiger partial charge in [-0.05, 0) is 57.2 Å². The summed E-state index contributed by atoms with van der Waals surface area (Å²) in [6, 6.07) is 7.77. The van der Waals surface area contributed by atoms with Crippen LogP contribution in [0.5, 0.6) is 0 Å². The minimum Gasteiger partial charge on any atom is -0.352 e. The average Bonchev–Trinajstić information content (AvgIpc) is 2.24. The number of rotatable bonds is 5. The topological polar surface area (TPSA) is 29.1 Å². The van der Waals surface area contributed by atoms with Gasteiger partial charge in [-0.1, -0.05) is 11.6 Å². The smallest absolute Gasteiger partial charge is 0.220 e. The maximum Gasteiger partial charge on any atom is 0.220 e. The van der Waals surface area contributed by atoms with Crippen molar-refractivity contribution in [3.8, 4) is 0 Å². The molecule has 0 aliphatic carbocycles. The van der Waals surface area contributed by atoms with Crippen LogP contribution in [0.15, 0.2) is 29.2 Å². The van der Waals surface area contributed by atoms with Crippen LogP contribution in [0.3, 0.4) is 0 Å². The van der Waals surface area contributed by atoms with E-state index in [4.69, 9.17) is 11.6 Å². The summed E-state index contributed by atoms with van der Waals surface area (Å²) in [4.78, 5) is 12.8. The Labute approximate surface area is 118 Å². The molecule has 0 aliphatic heterocycles. The fraction of sp³-hybridized carbons (Fsp3) is 0.500. The molecule has 0 heterocycles. The Morgan fingerprint density at radius 1 is 1.28 bits per heavy atom. The van der Waals surface area contributed by atoms with Gasteiger partial charge in [0.25, 0.3) is 0 Å². The molecule has 0 bridgehead atoms. The second kappa shape index (κ2) is 7.05. The van der Waals surface area contributed by atoms with E-state index in [1.165, 1.54) is 4.90 Å². The molecule has 1 N–H and O–H groups in total. The van der Waals surface area contributed by atoms with Crippen LogP contribution in [0.1, 0.15) is 33.6 Å². The van der Waals surface area contributed by atoms with Crippen molar-refractivity contribution in [2.45, 2.75) is 44.0 Å². The van der Waals surface area contributed by atoms with Crippen molar-refractivity contribution in [1.82, 2.24) is 5.32 Å². The first kappa shape index (κ1) is 15.4. The van der Waals surface area contributed by atoms with E-state index in [1.54, 1.807) is 11.8 Å². The van der Waals surface area contributed by atoms with E-state index in [1.807, 2.05) is 45.0 Å². The van der Waals surface area contributed by atoms with Crippen LogP contribution in [-0.4, -0.2) is 17.2 Å². The van der Waals surface area contributed by atoms with Crippen molar-refractivity contribution in [3.05, 3.63) is 29.3 Å². The summed E-state index contributed by atoms with van der Waals surface area (Å²) >= 11 is 7.56. The zero-order chi connectivity index (χ0) is 13.6. The molecule has 0 aromatic heterocycles. The molecule has 0 radical (unpaired) electrons. The van der Waals surface area contributed by atoms with Gasteiger partial charge in [-0.25, -0.2) is 0 Å². The number of amides is 1. The van der Waals surface area contributed by atoms with Crippen molar-refractivity contribution >= 4 is 29.3 Å². The maximum atomic E-state index is 11.6. The SMILES string of the molecule is CC(C)(C)NC(=O)CCCSc1ccc(Cl)cc1. The third-order valence-corrected chi connectivity index (χ3v) is 3.50. The van der Waals surface area contributed by atoms with Gasteiger partial charge in [0.1, 0.15) is 0 Å². The molecular formula is C14H20ClNOS. The number of hydrogen-bond acceptors (Lipinski definition) is 2. The molecule has 4 heteroatoms. The highest BCUT2D eigenvalue weighted by atomic mass is 35.5. The summed E-state index contributed by atoms with van der Waals surface area (Å²) in [5, 5.41) is 3.71. The number of hydrogen-bond donors (Lipinski definition) is 1. The van der Waals surface area contributed by atoms with E-state index in [9.17, 15) is 4.79 Å². The van der Waals surface area contributed by atoms with Crippen LogP contribution in [0.25, 0.3) is 0 Å². The van der Waals surface area contributed by atoms with Crippen LogP contribution in [-0.2, 0) is 4.79 Å². The highest BCUT2D eigenvalue weighted by Gasteiger charge is 2.12. The first-order valence-corrected chi connectivity index (χ1v) is 7.42. The molecule has 1 aromatic rings. The van der Waals surface area contributed by atoms with Crippen molar-refractivity contribution in [2.24, 2.45) is 0 Å². The van der Waals surface area contributed by atoms with E-state index in [-0.39, 0.29) is 11.4 Å². The number of carbonyl (C=O) groups excluding carboxylic acids is 1. The molecule has 0 atom stereocenters. The zero-order valence-corrected chi connectivity index (χ0v) is 12.7. The molecule has 0 aliphatic rings. The van der Waals surface area contributed by atoms with Crippen LogP contribution < -0.4 is 5.32 Å². The highest BCUT2D eigenvalue weighted by Crippen LogP contribution is 2.21. The molecule has 1 rings (SSSR count). The molecular weight excluding hydrogens is 266 g/mol. The Hall–Kier alpha value is -0.670. The third-order valence-electron chi connectivity index (χ3n) is 2.14. The second-order valence-electron chi connectivity index (χ2n) is 5.20. The Kier molecular flexibility index (Phi) is 6.03. The fourth-order valence-corrected chi connectivity index (χ4v) is 2.41. The molecule has 0 fully saturated rings. The van der Waals surface area contributed by atoms with Gasteiger partial charge < -0.3 is 5.32 Å². The molecule has 0 spiro atoms. The second-order valence-corrected chi connectivity index (χ2v) is 6.81.